The second kappa shape index (κ2) is 2.29. The fourth-order valence-corrected chi connectivity index (χ4v) is 1.82. The van der Waals surface area contributed by atoms with Gasteiger partial charge in [-0.1, -0.05) is 0 Å². The Morgan fingerprint density at radius 3 is 2.82 bits per heavy atom. The molecular formula is C8H12O3. The Morgan fingerprint density at radius 1 is 1.55 bits per heavy atom. The molecule has 2 rings (SSSR count). The average molecular weight is 156 g/mol. The molecule has 11 heavy (non-hydrogen) atoms. The first-order valence-electron chi connectivity index (χ1n) is 4.02. The largest absolute Gasteiger partial charge is 0.390 e. The summed E-state index contributed by atoms with van der Waals surface area (Å²) in [6, 6.07) is 0. The minimum absolute atomic E-state index is 0.0359. The molecule has 1 heterocycles. The van der Waals surface area contributed by atoms with Crippen LogP contribution in [0.5, 0.6) is 0 Å². The fraction of sp³-hybridized carbons (Fsp3) is 0.875. The van der Waals surface area contributed by atoms with Crippen molar-refractivity contribution in [1.29, 1.82) is 0 Å². The summed E-state index contributed by atoms with van der Waals surface area (Å²) in [7, 11) is 0. The quantitative estimate of drug-likeness (QED) is 0.548. The molecule has 0 aromatic rings. The van der Waals surface area contributed by atoms with Crippen LogP contribution in [0.15, 0.2) is 0 Å². The molecule has 3 nitrogen and oxygen atoms in total. The van der Waals surface area contributed by atoms with Gasteiger partial charge in [-0.3, -0.25) is 4.79 Å². The van der Waals surface area contributed by atoms with Crippen molar-refractivity contribution in [2.24, 2.45) is 5.92 Å². The van der Waals surface area contributed by atoms with Crippen LogP contribution in [0.3, 0.4) is 0 Å². The van der Waals surface area contributed by atoms with Gasteiger partial charge in [0.05, 0.1) is 12.2 Å². The second-order valence-corrected chi connectivity index (χ2v) is 3.49. The Kier molecular flexibility index (Phi) is 1.51. The van der Waals surface area contributed by atoms with E-state index in [4.69, 9.17) is 4.74 Å². The predicted octanol–water partition coefficient (Wildman–Crippen LogP) is 0.114. The third kappa shape index (κ3) is 1.19. The maximum atomic E-state index is 10.9. The molecule has 4 unspecified atom stereocenters. The average Bonchev–Trinajstić information content (AvgIpc) is 2.66. The van der Waals surface area contributed by atoms with E-state index in [0.717, 1.165) is 6.42 Å². The van der Waals surface area contributed by atoms with Crippen molar-refractivity contribution in [1.82, 2.24) is 0 Å². The van der Waals surface area contributed by atoms with Crippen molar-refractivity contribution < 1.29 is 14.6 Å². The summed E-state index contributed by atoms with van der Waals surface area (Å²) in [4.78, 5) is 10.9. The van der Waals surface area contributed by atoms with Crippen molar-refractivity contribution in [2.45, 2.75) is 38.1 Å². The number of aliphatic hydroxyl groups is 1. The van der Waals surface area contributed by atoms with Gasteiger partial charge in [-0.15, -0.1) is 0 Å². The zero-order valence-corrected chi connectivity index (χ0v) is 6.49. The third-order valence-electron chi connectivity index (χ3n) is 2.62. The molecule has 0 radical (unpaired) electrons. The molecule has 0 amide bonds. The molecule has 1 saturated carbocycles. The Morgan fingerprint density at radius 2 is 2.27 bits per heavy atom. The van der Waals surface area contributed by atoms with Crippen molar-refractivity contribution in [3.8, 4) is 0 Å². The minimum Gasteiger partial charge on any atom is -0.390 e. The lowest BCUT2D eigenvalue weighted by Gasteiger charge is -2.19. The molecule has 0 spiro atoms. The number of carbonyl (C=O) groups is 1. The van der Waals surface area contributed by atoms with E-state index in [9.17, 15) is 9.90 Å². The fourth-order valence-electron chi connectivity index (χ4n) is 1.82. The first kappa shape index (κ1) is 7.25. The number of fused-ring (bicyclic) bond motifs is 1. The molecule has 2 fully saturated rings. The van der Waals surface area contributed by atoms with Gasteiger partial charge in [0.1, 0.15) is 11.9 Å². The smallest absolute Gasteiger partial charge is 0.133 e. The summed E-state index contributed by atoms with van der Waals surface area (Å²) in [6.45, 7) is 1.58. The molecule has 3 heteroatoms. The van der Waals surface area contributed by atoms with Crippen LogP contribution < -0.4 is 0 Å². The molecular weight excluding hydrogens is 144 g/mol. The topological polar surface area (TPSA) is 49.8 Å². The molecule has 62 valence electrons. The van der Waals surface area contributed by atoms with E-state index in [2.05, 4.69) is 0 Å². The van der Waals surface area contributed by atoms with Gasteiger partial charge in [0.15, 0.2) is 0 Å². The van der Waals surface area contributed by atoms with E-state index in [0.29, 0.717) is 6.42 Å². The van der Waals surface area contributed by atoms with E-state index in [1.165, 1.54) is 0 Å². The zero-order chi connectivity index (χ0) is 8.01. The van der Waals surface area contributed by atoms with Crippen LogP contribution in [0.4, 0.5) is 0 Å². The summed E-state index contributed by atoms with van der Waals surface area (Å²) in [5.74, 6) is 0.215. The van der Waals surface area contributed by atoms with E-state index in [1.807, 2.05) is 0 Å². The maximum Gasteiger partial charge on any atom is 0.133 e. The molecule has 0 bridgehead atoms. The highest BCUT2D eigenvalue weighted by atomic mass is 16.6. The molecule has 4 atom stereocenters. The lowest BCUT2D eigenvalue weighted by molar-refractivity contribution is -0.122. The minimum atomic E-state index is -0.400. The number of ether oxygens (including phenoxy) is 1. The lowest BCUT2D eigenvalue weighted by Crippen LogP contribution is -2.30. The van der Waals surface area contributed by atoms with Crippen LogP contribution in [0.25, 0.3) is 0 Å². The third-order valence-corrected chi connectivity index (χ3v) is 2.62. The molecule has 0 aromatic heterocycles. The van der Waals surface area contributed by atoms with Crippen LogP contribution in [0.2, 0.25) is 0 Å². The van der Waals surface area contributed by atoms with Gasteiger partial charge < -0.3 is 9.84 Å². The highest BCUT2D eigenvalue weighted by Gasteiger charge is 2.50. The van der Waals surface area contributed by atoms with E-state index >= 15 is 0 Å². The van der Waals surface area contributed by atoms with Crippen LogP contribution in [-0.4, -0.2) is 29.2 Å². The van der Waals surface area contributed by atoms with E-state index in [1.54, 1.807) is 6.92 Å². The van der Waals surface area contributed by atoms with Gasteiger partial charge in [0.2, 0.25) is 0 Å². The van der Waals surface area contributed by atoms with E-state index in [-0.39, 0.29) is 23.9 Å². The van der Waals surface area contributed by atoms with Gasteiger partial charge in [0.25, 0.3) is 0 Å². The van der Waals surface area contributed by atoms with Crippen molar-refractivity contribution in [2.75, 3.05) is 0 Å². The number of Topliss-reactive ketones (excluding diaryl/α,β-unsaturated/α-hetero) is 1. The highest BCUT2D eigenvalue weighted by molar-refractivity contribution is 5.78. The Bertz CT molecular complexity index is 190. The summed E-state index contributed by atoms with van der Waals surface area (Å²) in [6.07, 6.45) is 1.23. The van der Waals surface area contributed by atoms with Crippen molar-refractivity contribution >= 4 is 5.78 Å². The number of hydrogen-bond acceptors (Lipinski definition) is 3. The number of ketones is 1. The van der Waals surface area contributed by atoms with Crippen LogP contribution >= 0.6 is 0 Å². The number of epoxide rings is 1. The van der Waals surface area contributed by atoms with Crippen LogP contribution in [0.1, 0.15) is 19.8 Å². The molecule has 1 N–H and O–H groups in total. The second-order valence-electron chi connectivity index (χ2n) is 3.49. The molecule has 1 aliphatic heterocycles. The summed E-state index contributed by atoms with van der Waals surface area (Å²) >= 11 is 0. The van der Waals surface area contributed by atoms with Gasteiger partial charge in [-0.25, -0.2) is 0 Å². The molecule has 1 aliphatic carbocycles. The van der Waals surface area contributed by atoms with Gasteiger partial charge in [-0.05, 0) is 19.8 Å². The number of aliphatic hydroxyl groups excluding tert-OH is 1. The monoisotopic (exact) mass is 156 g/mol. The first-order valence-corrected chi connectivity index (χ1v) is 4.02. The van der Waals surface area contributed by atoms with Gasteiger partial charge >= 0.3 is 0 Å². The van der Waals surface area contributed by atoms with Crippen LogP contribution in [-0.2, 0) is 9.53 Å². The van der Waals surface area contributed by atoms with E-state index < -0.39 is 6.10 Å². The number of hydrogen-bond donors (Lipinski definition) is 1. The van der Waals surface area contributed by atoms with Gasteiger partial charge in [-0.2, -0.15) is 0 Å². The highest BCUT2D eigenvalue weighted by Crippen LogP contribution is 2.39. The first-order chi connectivity index (χ1) is 5.18. The Hall–Kier alpha value is -0.410. The van der Waals surface area contributed by atoms with Crippen molar-refractivity contribution in [3.05, 3.63) is 0 Å². The summed E-state index contributed by atoms with van der Waals surface area (Å²) < 4.78 is 5.17. The summed E-state index contributed by atoms with van der Waals surface area (Å²) in [5.41, 5.74) is 0. The lowest BCUT2D eigenvalue weighted by atomic mass is 9.85. The van der Waals surface area contributed by atoms with Crippen molar-refractivity contribution in [3.63, 3.8) is 0 Å². The normalized spacial score (nSPS) is 48.2. The SMILES string of the molecule is CC(=O)C1CC(O)C2OC2C1. The standard InChI is InChI=1S/C8H12O3/c1-4(9)5-2-6(10)8-7(3-5)11-8/h5-8,10H,2-3H2,1H3. The zero-order valence-electron chi connectivity index (χ0n) is 6.49. The Labute approximate surface area is 65.4 Å². The molecule has 1 saturated heterocycles. The Balaban J connectivity index is 2.00. The number of carbonyl (C=O) groups excluding carboxylic acids is 1. The maximum absolute atomic E-state index is 10.9. The predicted molar refractivity (Wildman–Crippen MR) is 38.1 cm³/mol. The molecule has 0 aromatic carbocycles. The van der Waals surface area contributed by atoms with Crippen LogP contribution in [0, 0.1) is 5.92 Å². The van der Waals surface area contributed by atoms with Gasteiger partial charge in [0, 0.05) is 5.92 Å². The number of rotatable bonds is 1. The summed E-state index contributed by atoms with van der Waals surface area (Å²) in [5, 5.41) is 9.36. The molecule has 2 aliphatic rings.